The Morgan fingerprint density at radius 1 is 1.43 bits per heavy atom. The summed E-state index contributed by atoms with van der Waals surface area (Å²) >= 11 is 3.34. The molecular formula is C9H6BrNO3. The summed E-state index contributed by atoms with van der Waals surface area (Å²) in [6.45, 7) is 0.470. The van der Waals surface area contributed by atoms with Gasteiger partial charge in [-0.25, -0.2) is 9.79 Å². The van der Waals surface area contributed by atoms with E-state index in [0.29, 0.717) is 11.5 Å². The van der Waals surface area contributed by atoms with Gasteiger partial charge in [0.25, 0.3) is 0 Å². The Bertz CT molecular complexity index is 413. The van der Waals surface area contributed by atoms with Crippen molar-refractivity contribution in [1.82, 2.24) is 0 Å². The van der Waals surface area contributed by atoms with Crippen LogP contribution >= 0.6 is 15.9 Å². The van der Waals surface area contributed by atoms with Gasteiger partial charge >= 0.3 is 0 Å². The van der Waals surface area contributed by atoms with Gasteiger partial charge in [0.05, 0.1) is 11.0 Å². The van der Waals surface area contributed by atoms with Crippen LogP contribution in [0.1, 0.15) is 5.56 Å². The highest BCUT2D eigenvalue weighted by Gasteiger charge is 2.20. The Morgan fingerprint density at radius 2 is 2.21 bits per heavy atom. The topological polar surface area (TPSA) is 47.9 Å². The van der Waals surface area contributed by atoms with Crippen LogP contribution < -0.4 is 9.47 Å². The molecule has 0 radical (unpaired) electrons. The molecule has 0 fully saturated rings. The maximum Gasteiger partial charge on any atom is 0.235 e. The monoisotopic (exact) mass is 255 g/mol. The minimum Gasteiger partial charge on any atom is -0.453 e. The highest BCUT2D eigenvalue weighted by molar-refractivity contribution is 9.10. The fourth-order valence-electron chi connectivity index (χ4n) is 1.26. The quantitative estimate of drug-likeness (QED) is 0.600. The lowest BCUT2D eigenvalue weighted by atomic mass is 10.2. The molecule has 0 bridgehead atoms. The summed E-state index contributed by atoms with van der Waals surface area (Å²) < 4.78 is 11.3. The van der Waals surface area contributed by atoms with Gasteiger partial charge in [-0.3, -0.25) is 0 Å². The lowest BCUT2D eigenvalue weighted by Gasteiger charge is -2.03. The van der Waals surface area contributed by atoms with Crippen molar-refractivity contribution in [3.8, 4) is 11.5 Å². The molecule has 1 aromatic carbocycles. The zero-order chi connectivity index (χ0) is 9.97. The van der Waals surface area contributed by atoms with Crippen molar-refractivity contribution in [3.05, 3.63) is 22.2 Å². The number of fused-ring (bicyclic) bond motifs is 1. The molecular weight excluding hydrogens is 250 g/mol. The van der Waals surface area contributed by atoms with Gasteiger partial charge in [0.1, 0.15) is 0 Å². The molecule has 0 amide bonds. The van der Waals surface area contributed by atoms with Gasteiger partial charge in [-0.1, -0.05) is 6.07 Å². The number of nitrogens with zero attached hydrogens (tertiary/aromatic N) is 1. The maximum atomic E-state index is 9.97. The number of hydrogen-bond acceptors (Lipinski definition) is 4. The highest BCUT2D eigenvalue weighted by atomic mass is 79.9. The van der Waals surface area contributed by atoms with E-state index in [9.17, 15) is 4.79 Å². The number of aliphatic imine (C=N–C) groups is 1. The Morgan fingerprint density at radius 3 is 3.00 bits per heavy atom. The van der Waals surface area contributed by atoms with Crippen LogP contribution in [-0.2, 0) is 11.3 Å². The van der Waals surface area contributed by atoms with Gasteiger partial charge in [0.15, 0.2) is 11.5 Å². The molecule has 1 aromatic rings. The van der Waals surface area contributed by atoms with E-state index in [1.807, 2.05) is 12.1 Å². The van der Waals surface area contributed by atoms with Crippen molar-refractivity contribution in [2.45, 2.75) is 6.54 Å². The summed E-state index contributed by atoms with van der Waals surface area (Å²) in [5, 5.41) is 0. The van der Waals surface area contributed by atoms with Crippen LogP contribution in [0.5, 0.6) is 11.5 Å². The molecule has 72 valence electrons. The zero-order valence-electron chi connectivity index (χ0n) is 7.12. The van der Waals surface area contributed by atoms with Gasteiger partial charge in [-0.2, -0.15) is 0 Å². The fraction of sp³-hybridized carbons (Fsp3) is 0.222. The van der Waals surface area contributed by atoms with Gasteiger partial charge < -0.3 is 9.47 Å². The van der Waals surface area contributed by atoms with Crippen LogP contribution in [0.3, 0.4) is 0 Å². The zero-order valence-corrected chi connectivity index (χ0v) is 8.70. The number of benzene rings is 1. The fourth-order valence-corrected chi connectivity index (χ4v) is 1.69. The Kier molecular flexibility index (Phi) is 2.52. The number of isocyanates is 1. The van der Waals surface area contributed by atoms with Crippen LogP contribution in [0.25, 0.3) is 0 Å². The summed E-state index contributed by atoms with van der Waals surface area (Å²) in [5.74, 6) is 1.32. The average molecular weight is 256 g/mol. The van der Waals surface area contributed by atoms with Crippen molar-refractivity contribution in [3.63, 3.8) is 0 Å². The van der Waals surface area contributed by atoms with Crippen molar-refractivity contribution in [2.75, 3.05) is 6.79 Å². The van der Waals surface area contributed by atoms with E-state index in [1.165, 1.54) is 6.08 Å². The van der Waals surface area contributed by atoms with Crippen LogP contribution in [0.15, 0.2) is 21.6 Å². The third-order valence-corrected chi connectivity index (χ3v) is 2.49. The molecule has 2 rings (SSSR count). The van der Waals surface area contributed by atoms with E-state index in [1.54, 1.807) is 0 Å². The van der Waals surface area contributed by atoms with E-state index < -0.39 is 0 Å². The number of carbonyl (C=O) groups excluding carboxylic acids is 1. The van der Waals surface area contributed by atoms with Crippen LogP contribution in [0.4, 0.5) is 0 Å². The molecule has 0 saturated carbocycles. The van der Waals surface area contributed by atoms with Gasteiger partial charge in [-0.05, 0) is 22.0 Å². The summed E-state index contributed by atoms with van der Waals surface area (Å²) in [7, 11) is 0. The first-order chi connectivity index (χ1) is 6.83. The number of ether oxygens (including phenoxy) is 2. The summed E-state index contributed by atoms with van der Waals surface area (Å²) in [6.07, 6.45) is 1.49. The lowest BCUT2D eigenvalue weighted by Crippen LogP contribution is -1.94. The number of hydrogen-bond donors (Lipinski definition) is 0. The van der Waals surface area contributed by atoms with E-state index >= 15 is 0 Å². The molecule has 5 heteroatoms. The van der Waals surface area contributed by atoms with Crippen molar-refractivity contribution < 1.29 is 14.3 Å². The molecule has 4 nitrogen and oxygen atoms in total. The molecule has 1 heterocycles. The smallest absolute Gasteiger partial charge is 0.235 e. The van der Waals surface area contributed by atoms with Crippen LogP contribution in [0, 0.1) is 0 Å². The lowest BCUT2D eigenvalue weighted by molar-refractivity contribution is 0.173. The largest absolute Gasteiger partial charge is 0.453 e. The highest BCUT2D eigenvalue weighted by Crippen LogP contribution is 2.41. The molecule has 0 spiro atoms. The first kappa shape index (κ1) is 9.24. The predicted octanol–water partition coefficient (Wildman–Crippen LogP) is 2.01. The van der Waals surface area contributed by atoms with Gasteiger partial charge in [0.2, 0.25) is 12.9 Å². The average Bonchev–Trinajstić information content (AvgIpc) is 2.66. The van der Waals surface area contributed by atoms with Gasteiger partial charge in [0, 0.05) is 5.56 Å². The molecule has 1 aliphatic rings. The maximum absolute atomic E-state index is 9.97. The standard InChI is InChI=1S/C9H6BrNO3/c10-7-2-1-6(3-11-4-12)8-9(7)14-5-13-8/h1-2H,3,5H2. The second kappa shape index (κ2) is 3.82. The summed E-state index contributed by atoms with van der Waals surface area (Å²) in [6, 6.07) is 3.67. The van der Waals surface area contributed by atoms with E-state index in [-0.39, 0.29) is 13.3 Å². The first-order valence-electron chi connectivity index (χ1n) is 3.93. The Labute approximate surface area is 88.7 Å². The molecule has 0 aliphatic carbocycles. The number of rotatable bonds is 2. The molecule has 0 atom stereocenters. The van der Waals surface area contributed by atoms with Crippen molar-refractivity contribution in [2.24, 2.45) is 4.99 Å². The van der Waals surface area contributed by atoms with E-state index in [4.69, 9.17) is 9.47 Å². The predicted molar refractivity (Wildman–Crippen MR) is 52.1 cm³/mol. The molecule has 14 heavy (non-hydrogen) atoms. The van der Waals surface area contributed by atoms with Gasteiger partial charge in [-0.15, -0.1) is 0 Å². The molecule has 0 aromatic heterocycles. The normalized spacial score (nSPS) is 12.4. The van der Waals surface area contributed by atoms with E-state index in [0.717, 1.165) is 10.0 Å². The molecule has 1 aliphatic heterocycles. The summed E-state index contributed by atoms with van der Waals surface area (Å²) in [4.78, 5) is 13.5. The third-order valence-electron chi connectivity index (χ3n) is 1.87. The Hall–Kier alpha value is -1.32. The number of halogens is 1. The molecule has 0 unspecified atom stereocenters. The molecule has 0 saturated heterocycles. The Balaban J connectivity index is 2.42. The van der Waals surface area contributed by atoms with Crippen LogP contribution in [-0.4, -0.2) is 12.9 Å². The van der Waals surface area contributed by atoms with E-state index in [2.05, 4.69) is 20.9 Å². The minimum absolute atomic E-state index is 0.204. The minimum atomic E-state index is 0.204. The second-order valence-electron chi connectivity index (χ2n) is 2.68. The molecule has 0 N–H and O–H groups in total. The first-order valence-corrected chi connectivity index (χ1v) is 4.73. The summed E-state index contributed by atoms with van der Waals surface area (Å²) in [5.41, 5.74) is 0.823. The third kappa shape index (κ3) is 1.52. The van der Waals surface area contributed by atoms with Crippen LogP contribution in [0.2, 0.25) is 0 Å². The SMILES string of the molecule is O=C=NCc1ccc(Br)c2c1OCO2. The van der Waals surface area contributed by atoms with Crippen molar-refractivity contribution in [1.29, 1.82) is 0 Å². The second-order valence-corrected chi connectivity index (χ2v) is 3.53. The van der Waals surface area contributed by atoms with Crippen molar-refractivity contribution >= 4 is 22.0 Å².